The topological polar surface area (TPSA) is 100 Å². The van der Waals surface area contributed by atoms with Crippen molar-refractivity contribution in [2.45, 2.75) is 26.2 Å². The van der Waals surface area contributed by atoms with E-state index in [1.807, 2.05) is 18.2 Å². The third-order valence-corrected chi connectivity index (χ3v) is 3.50. The fourth-order valence-electron chi connectivity index (χ4n) is 2.40. The van der Waals surface area contributed by atoms with Crippen LogP contribution >= 0.6 is 0 Å². The van der Waals surface area contributed by atoms with E-state index in [1.165, 1.54) is 0 Å². The Hall–Kier alpha value is -2.63. The molecule has 2 aromatic heterocycles. The number of fused-ring (bicyclic) bond motifs is 1. The molecule has 2 heterocycles. The van der Waals surface area contributed by atoms with E-state index in [9.17, 15) is 4.79 Å². The number of H-pyrrole nitrogens is 2. The summed E-state index contributed by atoms with van der Waals surface area (Å²) in [6, 6.07) is 7.24. The maximum Gasteiger partial charge on any atom is 0.259 e. The predicted molar refractivity (Wildman–Crippen MR) is 83.0 cm³/mol. The number of para-hydroxylation sites is 1. The Morgan fingerprint density at radius 2 is 2.10 bits per heavy atom. The molecule has 6 nitrogen and oxygen atoms in total. The van der Waals surface area contributed by atoms with Gasteiger partial charge in [0.2, 0.25) is 0 Å². The van der Waals surface area contributed by atoms with E-state index in [-0.39, 0.29) is 5.56 Å². The quantitative estimate of drug-likeness (QED) is 0.683. The van der Waals surface area contributed by atoms with Crippen molar-refractivity contribution in [3.63, 3.8) is 0 Å². The van der Waals surface area contributed by atoms with Crippen LogP contribution in [0.1, 0.15) is 25.5 Å². The van der Waals surface area contributed by atoms with E-state index in [1.54, 1.807) is 6.07 Å². The van der Waals surface area contributed by atoms with Gasteiger partial charge in [-0.25, -0.2) is 4.98 Å². The highest BCUT2D eigenvalue weighted by Crippen LogP contribution is 2.26. The summed E-state index contributed by atoms with van der Waals surface area (Å²) < 4.78 is 0. The van der Waals surface area contributed by atoms with Crippen molar-refractivity contribution in [3.8, 4) is 11.4 Å². The molecule has 0 spiro atoms. The van der Waals surface area contributed by atoms with Crippen LogP contribution in [0, 0.1) is 0 Å². The molecule has 0 atom stereocenters. The number of aryl methyl sites for hydroxylation is 1. The summed E-state index contributed by atoms with van der Waals surface area (Å²) in [5.74, 6) is 0.829. The van der Waals surface area contributed by atoms with Crippen LogP contribution in [0.2, 0.25) is 0 Å². The highest BCUT2D eigenvalue weighted by atomic mass is 16.1. The van der Waals surface area contributed by atoms with Crippen LogP contribution < -0.4 is 11.3 Å². The first-order valence-corrected chi connectivity index (χ1v) is 7.03. The van der Waals surface area contributed by atoms with Gasteiger partial charge in [-0.2, -0.15) is 5.10 Å². The Labute approximate surface area is 121 Å². The summed E-state index contributed by atoms with van der Waals surface area (Å²) in [5, 5.41) is 7.55. The minimum atomic E-state index is -0.169. The first kappa shape index (κ1) is 13.4. The van der Waals surface area contributed by atoms with Crippen LogP contribution in [0.3, 0.4) is 0 Å². The van der Waals surface area contributed by atoms with Gasteiger partial charge in [-0.3, -0.25) is 9.89 Å². The number of aromatic amines is 2. The highest BCUT2D eigenvalue weighted by Gasteiger charge is 2.16. The van der Waals surface area contributed by atoms with Crippen LogP contribution in [0.5, 0.6) is 0 Å². The molecule has 4 N–H and O–H groups in total. The third kappa shape index (κ3) is 2.40. The van der Waals surface area contributed by atoms with Crippen molar-refractivity contribution < 1.29 is 0 Å². The zero-order valence-corrected chi connectivity index (χ0v) is 11.8. The van der Waals surface area contributed by atoms with E-state index in [0.29, 0.717) is 28.1 Å². The van der Waals surface area contributed by atoms with E-state index in [0.717, 1.165) is 25.0 Å². The smallest absolute Gasteiger partial charge is 0.259 e. The SMILES string of the molecule is CCCCc1[nH]nc(N)c1-c1nc2ccccc2c(=O)[nH]1. The molecule has 0 saturated heterocycles. The van der Waals surface area contributed by atoms with Crippen LogP contribution in [-0.4, -0.2) is 20.2 Å². The van der Waals surface area contributed by atoms with Crippen molar-refractivity contribution in [1.29, 1.82) is 0 Å². The first-order chi connectivity index (χ1) is 10.2. The van der Waals surface area contributed by atoms with Gasteiger partial charge in [0.15, 0.2) is 5.82 Å². The second-order valence-corrected chi connectivity index (χ2v) is 5.00. The molecule has 0 amide bonds. The Kier molecular flexibility index (Phi) is 3.43. The third-order valence-electron chi connectivity index (χ3n) is 3.50. The lowest BCUT2D eigenvalue weighted by molar-refractivity contribution is 0.772. The summed E-state index contributed by atoms with van der Waals surface area (Å²) in [6.45, 7) is 2.12. The normalized spacial score (nSPS) is 11.1. The number of nitrogens with two attached hydrogens (primary N) is 1. The summed E-state index contributed by atoms with van der Waals surface area (Å²) in [5.41, 5.74) is 8.03. The molecule has 0 radical (unpaired) electrons. The molecule has 108 valence electrons. The Balaban J connectivity index is 2.16. The molecule has 0 aliphatic carbocycles. The molecule has 0 aliphatic rings. The number of hydrogen-bond acceptors (Lipinski definition) is 4. The number of anilines is 1. The average molecular weight is 283 g/mol. The van der Waals surface area contributed by atoms with Gasteiger partial charge in [-0.1, -0.05) is 25.5 Å². The summed E-state index contributed by atoms with van der Waals surface area (Å²) >= 11 is 0. The number of rotatable bonds is 4. The fraction of sp³-hybridized carbons (Fsp3) is 0.267. The minimum absolute atomic E-state index is 0.169. The van der Waals surface area contributed by atoms with Crippen LogP contribution in [0.4, 0.5) is 5.82 Å². The number of benzene rings is 1. The molecular weight excluding hydrogens is 266 g/mol. The molecule has 0 bridgehead atoms. The second-order valence-electron chi connectivity index (χ2n) is 5.00. The van der Waals surface area contributed by atoms with Crippen LogP contribution in [0.15, 0.2) is 29.1 Å². The summed E-state index contributed by atoms with van der Waals surface area (Å²) in [4.78, 5) is 19.5. The highest BCUT2D eigenvalue weighted by molar-refractivity contribution is 5.81. The standard InChI is InChI=1S/C15H17N5O/c1-2-3-7-11-12(13(16)20-19-11)14-17-10-8-5-4-6-9(10)15(21)18-14/h4-6,8H,2-3,7H2,1H3,(H3,16,19,20)(H,17,18,21). The van der Waals surface area contributed by atoms with Gasteiger partial charge in [-0.15, -0.1) is 0 Å². The number of nitrogens with one attached hydrogen (secondary N) is 2. The Morgan fingerprint density at radius 3 is 2.90 bits per heavy atom. The molecule has 0 fully saturated rings. The van der Waals surface area contributed by atoms with Crippen LogP contribution in [-0.2, 0) is 6.42 Å². The molecule has 0 saturated carbocycles. The number of hydrogen-bond donors (Lipinski definition) is 3. The minimum Gasteiger partial charge on any atom is -0.382 e. The predicted octanol–water partition coefficient (Wildman–Crippen LogP) is 2.24. The van der Waals surface area contributed by atoms with Gasteiger partial charge < -0.3 is 10.7 Å². The number of unbranched alkanes of at least 4 members (excludes halogenated alkanes) is 1. The molecule has 0 aliphatic heterocycles. The lowest BCUT2D eigenvalue weighted by Crippen LogP contribution is -2.10. The molecule has 3 rings (SSSR count). The number of nitrogens with zero attached hydrogens (tertiary/aromatic N) is 2. The van der Waals surface area contributed by atoms with Crippen molar-refractivity contribution >= 4 is 16.7 Å². The lowest BCUT2D eigenvalue weighted by atomic mass is 10.1. The van der Waals surface area contributed by atoms with Crippen molar-refractivity contribution in [2.75, 3.05) is 5.73 Å². The zero-order chi connectivity index (χ0) is 14.8. The number of aromatic nitrogens is 4. The maximum atomic E-state index is 12.2. The van der Waals surface area contributed by atoms with E-state index < -0.39 is 0 Å². The molecule has 6 heteroatoms. The van der Waals surface area contributed by atoms with Gasteiger partial charge in [-0.05, 0) is 25.0 Å². The van der Waals surface area contributed by atoms with Gasteiger partial charge in [0.1, 0.15) is 5.82 Å². The largest absolute Gasteiger partial charge is 0.382 e. The first-order valence-electron chi connectivity index (χ1n) is 7.03. The van der Waals surface area contributed by atoms with Crippen molar-refractivity contribution in [2.24, 2.45) is 0 Å². The van der Waals surface area contributed by atoms with E-state index in [2.05, 4.69) is 27.1 Å². The fourth-order valence-corrected chi connectivity index (χ4v) is 2.40. The van der Waals surface area contributed by atoms with Crippen molar-refractivity contribution in [3.05, 3.63) is 40.3 Å². The number of nitrogen functional groups attached to an aromatic ring is 1. The second kappa shape index (κ2) is 5.40. The van der Waals surface area contributed by atoms with Crippen molar-refractivity contribution in [1.82, 2.24) is 20.2 Å². The van der Waals surface area contributed by atoms with E-state index in [4.69, 9.17) is 5.73 Å². The van der Waals surface area contributed by atoms with Gasteiger partial charge in [0.05, 0.1) is 16.5 Å². The molecule has 0 unspecified atom stereocenters. The maximum absolute atomic E-state index is 12.2. The Bertz CT molecular complexity index is 833. The average Bonchev–Trinajstić information content (AvgIpc) is 2.86. The Morgan fingerprint density at radius 1 is 1.29 bits per heavy atom. The molecule has 21 heavy (non-hydrogen) atoms. The monoisotopic (exact) mass is 283 g/mol. The summed E-state index contributed by atoms with van der Waals surface area (Å²) in [6.07, 6.45) is 2.92. The van der Waals surface area contributed by atoms with Gasteiger partial charge in [0, 0.05) is 5.69 Å². The molecule has 1 aromatic carbocycles. The van der Waals surface area contributed by atoms with Gasteiger partial charge in [0.25, 0.3) is 5.56 Å². The summed E-state index contributed by atoms with van der Waals surface area (Å²) in [7, 11) is 0. The van der Waals surface area contributed by atoms with Crippen LogP contribution in [0.25, 0.3) is 22.3 Å². The van der Waals surface area contributed by atoms with E-state index >= 15 is 0 Å². The molecule has 3 aromatic rings. The lowest BCUT2D eigenvalue weighted by Gasteiger charge is -2.05. The van der Waals surface area contributed by atoms with Gasteiger partial charge >= 0.3 is 0 Å². The molecular formula is C15H17N5O. The zero-order valence-electron chi connectivity index (χ0n) is 11.8.